The van der Waals surface area contributed by atoms with Crippen LogP contribution in [0.25, 0.3) is 0 Å². The standard InChI is InChI=1S/C40H70O6/c1-4-5-30-37(41)31-26-22-18-14-10-6-7-11-15-19-23-27-32-39(43)45-34-38(42)35-46-40(44)33-28-24-20-16-12-8-9-13-17-21-25-29-36(2)3/h6-7,14-15,18-19,26,31,36-38,41-42H,4-5,8-13,16-17,20-25,27-30,32-35H2,1-3H3/b7-6-,18-14-,19-15-,31-26-/t37-,38-/m0/s1. The van der Waals surface area contributed by atoms with Crippen molar-refractivity contribution in [2.75, 3.05) is 13.2 Å². The largest absolute Gasteiger partial charge is 0.463 e. The maximum absolute atomic E-state index is 11.9. The molecule has 2 N–H and O–H groups in total. The van der Waals surface area contributed by atoms with Gasteiger partial charge >= 0.3 is 11.9 Å². The van der Waals surface area contributed by atoms with Gasteiger partial charge in [0.1, 0.15) is 19.3 Å². The van der Waals surface area contributed by atoms with Crippen LogP contribution >= 0.6 is 0 Å². The lowest BCUT2D eigenvalue weighted by Gasteiger charge is -2.12. The van der Waals surface area contributed by atoms with Crippen LogP contribution < -0.4 is 0 Å². The van der Waals surface area contributed by atoms with Gasteiger partial charge in [-0.15, -0.1) is 0 Å². The van der Waals surface area contributed by atoms with Crippen LogP contribution in [-0.2, 0) is 19.1 Å². The van der Waals surface area contributed by atoms with Crippen molar-refractivity contribution in [3.8, 4) is 0 Å². The average molecular weight is 647 g/mol. The summed E-state index contributed by atoms with van der Waals surface area (Å²) in [7, 11) is 0. The first-order valence-corrected chi connectivity index (χ1v) is 18.6. The van der Waals surface area contributed by atoms with Crippen molar-refractivity contribution in [2.45, 2.75) is 174 Å². The molecule has 0 rings (SSSR count). The Hall–Kier alpha value is -2.18. The molecule has 0 bridgehead atoms. The van der Waals surface area contributed by atoms with E-state index in [1.54, 1.807) is 0 Å². The number of ether oxygens (including phenoxy) is 2. The summed E-state index contributed by atoms with van der Waals surface area (Å²) in [5.41, 5.74) is 0. The summed E-state index contributed by atoms with van der Waals surface area (Å²) >= 11 is 0. The van der Waals surface area contributed by atoms with Crippen LogP contribution in [0.2, 0.25) is 0 Å². The second-order valence-corrected chi connectivity index (χ2v) is 13.0. The lowest BCUT2D eigenvalue weighted by Crippen LogP contribution is -2.25. The molecule has 266 valence electrons. The quantitative estimate of drug-likeness (QED) is 0.0429. The molecule has 0 aromatic rings. The predicted octanol–water partition coefficient (Wildman–Crippen LogP) is 10.3. The number of rotatable bonds is 32. The first-order valence-electron chi connectivity index (χ1n) is 18.6. The SMILES string of the molecule is CCCC[C@H](O)/C=C\C/C=C\C/C=C\C/C=C\CCCC(=O)OC[C@H](O)COC(=O)CCCCCCCCCCCCCC(C)C. The summed E-state index contributed by atoms with van der Waals surface area (Å²) in [6.07, 6.45) is 37.9. The summed E-state index contributed by atoms with van der Waals surface area (Å²) in [6.45, 7) is 6.42. The molecule has 0 heterocycles. The normalized spacial score (nSPS) is 13.5. The number of hydrogen-bond donors (Lipinski definition) is 2. The van der Waals surface area contributed by atoms with Crippen molar-refractivity contribution < 1.29 is 29.3 Å². The van der Waals surface area contributed by atoms with Gasteiger partial charge in [-0.25, -0.2) is 0 Å². The van der Waals surface area contributed by atoms with Gasteiger partial charge < -0.3 is 19.7 Å². The molecule has 0 aliphatic carbocycles. The topological polar surface area (TPSA) is 93.1 Å². The molecule has 0 aromatic carbocycles. The minimum atomic E-state index is -0.996. The highest BCUT2D eigenvalue weighted by Crippen LogP contribution is 2.14. The van der Waals surface area contributed by atoms with Crippen molar-refractivity contribution in [3.63, 3.8) is 0 Å². The molecule has 0 aliphatic rings. The molecule has 6 heteroatoms. The Labute approximate surface area is 282 Å². The maximum Gasteiger partial charge on any atom is 0.305 e. The zero-order valence-corrected chi connectivity index (χ0v) is 29.8. The summed E-state index contributed by atoms with van der Waals surface area (Å²) in [4.78, 5) is 23.9. The minimum Gasteiger partial charge on any atom is -0.463 e. The zero-order valence-electron chi connectivity index (χ0n) is 29.8. The van der Waals surface area contributed by atoms with Gasteiger partial charge in [-0.2, -0.15) is 0 Å². The third-order valence-electron chi connectivity index (χ3n) is 7.82. The zero-order chi connectivity index (χ0) is 33.9. The van der Waals surface area contributed by atoms with E-state index in [1.807, 2.05) is 12.2 Å². The fourth-order valence-electron chi connectivity index (χ4n) is 4.93. The van der Waals surface area contributed by atoms with Gasteiger partial charge in [0.15, 0.2) is 0 Å². The minimum absolute atomic E-state index is 0.143. The van der Waals surface area contributed by atoms with Crippen LogP contribution in [0.3, 0.4) is 0 Å². The molecule has 0 aromatic heterocycles. The molecule has 0 saturated carbocycles. The molecule has 0 unspecified atom stereocenters. The predicted molar refractivity (Wildman–Crippen MR) is 193 cm³/mol. The number of hydrogen-bond acceptors (Lipinski definition) is 6. The smallest absolute Gasteiger partial charge is 0.305 e. The van der Waals surface area contributed by atoms with Gasteiger partial charge in [0.05, 0.1) is 6.10 Å². The van der Waals surface area contributed by atoms with Crippen molar-refractivity contribution in [1.29, 1.82) is 0 Å². The molecule has 0 aliphatic heterocycles. The maximum atomic E-state index is 11.9. The molecule has 2 atom stereocenters. The number of carbonyl (C=O) groups excluding carboxylic acids is 2. The van der Waals surface area contributed by atoms with Crippen LogP contribution in [0.4, 0.5) is 0 Å². The van der Waals surface area contributed by atoms with E-state index in [4.69, 9.17) is 9.47 Å². The number of allylic oxidation sites excluding steroid dienone is 7. The molecule has 46 heavy (non-hydrogen) atoms. The van der Waals surface area contributed by atoms with Crippen LogP contribution in [-0.4, -0.2) is 47.6 Å². The Morgan fingerprint density at radius 3 is 1.54 bits per heavy atom. The third kappa shape index (κ3) is 34.7. The van der Waals surface area contributed by atoms with Crippen molar-refractivity contribution in [1.82, 2.24) is 0 Å². The van der Waals surface area contributed by atoms with Gasteiger partial charge in [0, 0.05) is 12.8 Å². The molecular formula is C40H70O6. The highest BCUT2D eigenvalue weighted by Gasteiger charge is 2.12. The summed E-state index contributed by atoms with van der Waals surface area (Å²) in [5, 5.41) is 19.7. The van der Waals surface area contributed by atoms with E-state index in [0.29, 0.717) is 19.3 Å². The first-order chi connectivity index (χ1) is 22.3. The van der Waals surface area contributed by atoms with E-state index in [9.17, 15) is 19.8 Å². The molecule has 0 amide bonds. The second-order valence-electron chi connectivity index (χ2n) is 13.0. The van der Waals surface area contributed by atoms with Crippen LogP contribution in [0.1, 0.15) is 162 Å². The van der Waals surface area contributed by atoms with E-state index in [1.165, 1.54) is 57.8 Å². The molecule has 0 saturated heterocycles. The monoisotopic (exact) mass is 647 g/mol. The van der Waals surface area contributed by atoms with E-state index >= 15 is 0 Å². The fourth-order valence-corrected chi connectivity index (χ4v) is 4.93. The van der Waals surface area contributed by atoms with Gasteiger partial charge in [-0.05, 0) is 50.9 Å². The third-order valence-corrected chi connectivity index (χ3v) is 7.82. The Balaban J connectivity index is 3.59. The Bertz CT molecular complexity index is 813. The molecule has 0 spiro atoms. The lowest BCUT2D eigenvalue weighted by molar-refractivity contribution is -0.152. The van der Waals surface area contributed by atoms with E-state index in [2.05, 4.69) is 57.2 Å². The van der Waals surface area contributed by atoms with E-state index in [0.717, 1.165) is 70.1 Å². The molecule has 6 nitrogen and oxygen atoms in total. The van der Waals surface area contributed by atoms with Crippen molar-refractivity contribution in [3.05, 3.63) is 48.6 Å². The molecular weight excluding hydrogens is 576 g/mol. The van der Waals surface area contributed by atoms with Crippen LogP contribution in [0.15, 0.2) is 48.6 Å². The number of carbonyl (C=O) groups is 2. The highest BCUT2D eigenvalue weighted by atomic mass is 16.6. The highest BCUT2D eigenvalue weighted by molar-refractivity contribution is 5.69. The lowest BCUT2D eigenvalue weighted by atomic mass is 10.0. The molecule has 0 radical (unpaired) electrons. The first kappa shape index (κ1) is 43.8. The Kier molecular flexibility index (Phi) is 32.5. The van der Waals surface area contributed by atoms with E-state index < -0.39 is 6.10 Å². The van der Waals surface area contributed by atoms with E-state index in [-0.39, 0.29) is 31.3 Å². The fraction of sp³-hybridized carbons (Fsp3) is 0.750. The average Bonchev–Trinajstić information content (AvgIpc) is 3.03. The number of unbranched alkanes of at least 4 members (excludes halogenated alkanes) is 12. The van der Waals surface area contributed by atoms with Crippen LogP contribution in [0, 0.1) is 5.92 Å². The summed E-state index contributed by atoms with van der Waals surface area (Å²) in [6, 6.07) is 0. The second kappa shape index (κ2) is 34.2. The summed E-state index contributed by atoms with van der Waals surface area (Å²) in [5.74, 6) is 0.176. The van der Waals surface area contributed by atoms with Crippen molar-refractivity contribution in [2.24, 2.45) is 5.92 Å². The Morgan fingerprint density at radius 2 is 1.02 bits per heavy atom. The number of aliphatic hydroxyl groups excluding tert-OH is 2. The number of esters is 2. The summed E-state index contributed by atoms with van der Waals surface area (Å²) < 4.78 is 10.3. The van der Waals surface area contributed by atoms with Crippen LogP contribution in [0.5, 0.6) is 0 Å². The van der Waals surface area contributed by atoms with Gasteiger partial charge in [0.25, 0.3) is 0 Å². The number of aliphatic hydroxyl groups is 2. The van der Waals surface area contributed by atoms with Gasteiger partial charge in [-0.1, -0.05) is 153 Å². The van der Waals surface area contributed by atoms with Gasteiger partial charge in [-0.3, -0.25) is 9.59 Å². The Morgan fingerprint density at radius 1 is 0.565 bits per heavy atom. The van der Waals surface area contributed by atoms with Crippen molar-refractivity contribution >= 4 is 11.9 Å². The van der Waals surface area contributed by atoms with Gasteiger partial charge in [0.2, 0.25) is 0 Å². The molecule has 0 fully saturated rings.